The van der Waals surface area contributed by atoms with Gasteiger partial charge < -0.3 is 15.0 Å². The second-order valence-electron chi connectivity index (χ2n) is 9.42. The molecule has 2 N–H and O–H groups in total. The maximum atomic E-state index is 5.91. The number of hydrogen-bond donors (Lipinski definition) is 1. The minimum atomic E-state index is 0.409. The molecule has 2 aromatic rings. The highest BCUT2D eigenvalue weighted by molar-refractivity contribution is 5.61. The Morgan fingerprint density at radius 2 is 1.97 bits per heavy atom. The van der Waals surface area contributed by atoms with E-state index >= 15 is 0 Å². The monoisotopic (exact) mass is 395 g/mol. The number of fused-ring (bicyclic) bond motifs is 1. The van der Waals surface area contributed by atoms with Gasteiger partial charge in [0.15, 0.2) is 0 Å². The van der Waals surface area contributed by atoms with Crippen molar-refractivity contribution in [3.05, 3.63) is 29.8 Å². The molecular formula is C23H33N5O. The molecule has 3 fully saturated rings. The van der Waals surface area contributed by atoms with E-state index in [2.05, 4.69) is 40.6 Å². The van der Waals surface area contributed by atoms with Crippen LogP contribution in [0.5, 0.6) is 0 Å². The van der Waals surface area contributed by atoms with Gasteiger partial charge in [0.25, 0.3) is 0 Å². The zero-order valence-corrected chi connectivity index (χ0v) is 17.8. The fourth-order valence-corrected chi connectivity index (χ4v) is 5.56. The molecular weight excluding hydrogens is 362 g/mol. The van der Waals surface area contributed by atoms with Crippen LogP contribution in [0, 0.1) is 18.8 Å². The van der Waals surface area contributed by atoms with Crippen molar-refractivity contribution in [1.29, 1.82) is 0 Å². The molecule has 6 nitrogen and oxygen atoms in total. The van der Waals surface area contributed by atoms with Gasteiger partial charge in [-0.3, -0.25) is 4.90 Å². The van der Waals surface area contributed by atoms with Crippen LogP contribution in [-0.2, 0) is 4.74 Å². The molecule has 2 aromatic heterocycles. The molecule has 6 heteroatoms. The van der Waals surface area contributed by atoms with Gasteiger partial charge in [0.05, 0.1) is 12.3 Å². The first kappa shape index (κ1) is 19.1. The molecule has 3 heterocycles. The SMILES string of the molecule is Cc1cc(-c2cn([C@H]3[C@@H]4CC(N5CCCOCC5)C[C@@H]43)c(C(C)C)n2)cnc1N. The Morgan fingerprint density at radius 1 is 1.17 bits per heavy atom. The summed E-state index contributed by atoms with van der Waals surface area (Å²) < 4.78 is 8.14. The first-order valence-electron chi connectivity index (χ1n) is 11.2. The van der Waals surface area contributed by atoms with Gasteiger partial charge in [-0.2, -0.15) is 0 Å². The second kappa shape index (κ2) is 7.40. The smallest absolute Gasteiger partial charge is 0.126 e. The van der Waals surface area contributed by atoms with Gasteiger partial charge >= 0.3 is 0 Å². The van der Waals surface area contributed by atoms with Crippen LogP contribution < -0.4 is 5.73 Å². The summed E-state index contributed by atoms with van der Waals surface area (Å²) in [6.45, 7) is 10.6. The van der Waals surface area contributed by atoms with Gasteiger partial charge in [0.2, 0.25) is 0 Å². The Balaban J connectivity index is 1.34. The third-order valence-electron chi connectivity index (χ3n) is 7.16. The summed E-state index contributed by atoms with van der Waals surface area (Å²) in [6.07, 6.45) is 7.93. The Kier molecular flexibility index (Phi) is 4.87. The van der Waals surface area contributed by atoms with Crippen molar-refractivity contribution in [3.63, 3.8) is 0 Å². The summed E-state index contributed by atoms with van der Waals surface area (Å²) in [6, 6.07) is 3.47. The van der Waals surface area contributed by atoms with Gasteiger partial charge in [0, 0.05) is 55.7 Å². The minimum Gasteiger partial charge on any atom is -0.383 e. The molecule has 4 atom stereocenters. The predicted octanol–water partition coefficient (Wildman–Crippen LogP) is 3.63. The Bertz CT molecular complexity index is 871. The molecule has 5 rings (SSSR count). The highest BCUT2D eigenvalue weighted by Gasteiger charge is 2.58. The van der Waals surface area contributed by atoms with E-state index in [4.69, 9.17) is 15.5 Å². The second-order valence-corrected chi connectivity index (χ2v) is 9.42. The highest BCUT2D eigenvalue weighted by atomic mass is 16.5. The van der Waals surface area contributed by atoms with Crippen molar-refractivity contribution in [3.8, 4) is 11.3 Å². The number of anilines is 1. The third kappa shape index (κ3) is 3.46. The van der Waals surface area contributed by atoms with Crippen LogP contribution in [0.1, 0.15) is 56.5 Å². The van der Waals surface area contributed by atoms with Crippen LogP contribution in [0.25, 0.3) is 11.3 Å². The lowest BCUT2D eigenvalue weighted by Crippen LogP contribution is -2.36. The number of hydrogen-bond acceptors (Lipinski definition) is 5. The summed E-state index contributed by atoms with van der Waals surface area (Å²) in [5.74, 6) is 3.81. The van der Waals surface area contributed by atoms with E-state index in [0.717, 1.165) is 54.5 Å². The van der Waals surface area contributed by atoms with Crippen LogP contribution in [0.3, 0.4) is 0 Å². The van der Waals surface area contributed by atoms with Gasteiger partial charge in [0.1, 0.15) is 11.6 Å². The Hall–Kier alpha value is -1.92. The topological polar surface area (TPSA) is 69.2 Å². The fourth-order valence-electron chi connectivity index (χ4n) is 5.56. The molecule has 0 radical (unpaired) electrons. The van der Waals surface area contributed by atoms with Gasteiger partial charge in [-0.25, -0.2) is 9.97 Å². The highest BCUT2D eigenvalue weighted by Crippen LogP contribution is 2.62. The summed E-state index contributed by atoms with van der Waals surface area (Å²) >= 11 is 0. The van der Waals surface area contributed by atoms with E-state index in [1.165, 1.54) is 31.6 Å². The van der Waals surface area contributed by atoms with Crippen molar-refractivity contribution in [1.82, 2.24) is 19.4 Å². The first-order chi connectivity index (χ1) is 14.0. The molecule has 2 saturated carbocycles. The lowest BCUT2D eigenvalue weighted by molar-refractivity contribution is 0.128. The zero-order valence-electron chi connectivity index (χ0n) is 17.8. The van der Waals surface area contributed by atoms with Crippen molar-refractivity contribution >= 4 is 5.82 Å². The third-order valence-corrected chi connectivity index (χ3v) is 7.16. The van der Waals surface area contributed by atoms with Crippen LogP contribution in [0.15, 0.2) is 18.5 Å². The lowest BCUT2D eigenvalue weighted by atomic mass is 10.1. The van der Waals surface area contributed by atoms with E-state index in [-0.39, 0.29) is 0 Å². The average Bonchev–Trinajstić information content (AvgIpc) is 3.03. The number of pyridine rings is 1. The Morgan fingerprint density at radius 3 is 2.69 bits per heavy atom. The van der Waals surface area contributed by atoms with Crippen molar-refractivity contribution in [2.75, 3.05) is 32.0 Å². The number of nitrogens with zero attached hydrogens (tertiary/aromatic N) is 4. The summed E-state index contributed by atoms with van der Waals surface area (Å²) in [4.78, 5) is 12.0. The number of rotatable bonds is 4. The van der Waals surface area contributed by atoms with Gasteiger partial charge in [-0.1, -0.05) is 13.8 Å². The minimum absolute atomic E-state index is 0.409. The number of nitrogens with two attached hydrogens (primary N) is 1. The molecule has 29 heavy (non-hydrogen) atoms. The van der Waals surface area contributed by atoms with Crippen molar-refractivity contribution in [2.24, 2.45) is 11.8 Å². The van der Waals surface area contributed by atoms with E-state index in [1.807, 2.05) is 13.1 Å². The maximum absolute atomic E-state index is 5.91. The molecule has 0 spiro atoms. The normalized spacial score (nSPS) is 29.8. The molecule has 0 bridgehead atoms. The molecule has 0 aromatic carbocycles. The zero-order chi connectivity index (χ0) is 20.1. The molecule has 1 aliphatic heterocycles. The Labute approximate surface area is 173 Å². The first-order valence-corrected chi connectivity index (χ1v) is 11.2. The molecule has 2 aliphatic carbocycles. The number of aryl methyl sites for hydroxylation is 1. The standard InChI is InChI=1S/C23H33N5O/c1-14(2)23-26-20(16-9-15(3)22(24)25-12-16)13-28(23)21-18-10-17(11-19(18)21)27-5-4-7-29-8-6-27/h9,12-14,17-19,21H,4-8,10-11H2,1-3H3,(H2,24,25)/t17?,18-,19+,21+. The number of nitrogen functional groups attached to an aromatic ring is 1. The molecule has 156 valence electrons. The van der Waals surface area contributed by atoms with E-state index in [0.29, 0.717) is 17.8 Å². The molecule has 1 unspecified atom stereocenters. The maximum Gasteiger partial charge on any atom is 0.126 e. The average molecular weight is 396 g/mol. The number of ether oxygens (including phenoxy) is 1. The van der Waals surface area contributed by atoms with E-state index < -0.39 is 0 Å². The van der Waals surface area contributed by atoms with Crippen LogP contribution >= 0.6 is 0 Å². The largest absolute Gasteiger partial charge is 0.383 e. The molecule has 0 amide bonds. The van der Waals surface area contributed by atoms with Crippen LogP contribution in [0.4, 0.5) is 5.82 Å². The van der Waals surface area contributed by atoms with Gasteiger partial charge in [-0.05, 0) is 49.7 Å². The quantitative estimate of drug-likeness (QED) is 0.856. The number of aromatic nitrogens is 3. The summed E-state index contributed by atoms with van der Waals surface area (Å²) in [5.41, 5.74) is 9.00. The number of imidazole rings is 1. The lowest BCUT2D eigenvalue weighted by Gasteiger charge is -2.29. The van der Waals surface area contributed by atoms with Crippen LogP contribution in [0.2, 0.25) is 0 Å². The fraction of sp³-hybridized carbons (Fsp3) is 0.652. The summed E-state index contributed by atoms with van der Waals surface area (Å²) in [5, 5.41) is 0. The van der Waals surface area contributed by atoms with Crippen LogP contribution in [-0.4, -0.2) is 51.8 Å². The molecule has 3 aliphatic rings. The summed E-state index contributed by atoms with van der Waals surface area (Å²) in [7, 11) is 0. The molecule has 1 saturated heterocycles. The van der Waals surface area contributed by atoms with Crippen molar-refractivity contribution < 1.29 is 4.74 Å². The van der Waals surface area contributed by atoms with E-state index in [1.54, 1.807) is 0 Å². The van der Waals surface area contributed by atoms with Gasteiger partial charge in [-0.15, -0.1) is 0 Å². The van der Waals surface area contributed by atoms with E-state index in [9.17, 15) is 0 Å². The van der Waals surface area contributed by atoms with Crippen molar-refractivity contribution in [2.45, 2.75) is 58.0 Å². The predicted molar refractivity (Wildman–Crippen MR) is 115 cm³/mol.